The molecular formula is C7H10ClN3OS. The molecule has 72 valence electrons. The molecule has 0 aromatic carbocycles. The number of pyridine rings is 1. The SMILES string of the molecule is CNS(C)(=O)=Nc1ccc(Cl)nc1. The van der Waals surface area contributed by atoms with E-state index in [1.807, 2.05) is 0 Å². The monoisotopic (exact) mass is 219 g/mol. The molecule has 1 N–H and O–H groups in total. The van der Waals surface area contributed by atoms with Crippen molar-refractivity contribution >= 4 is 27.2 Å². The molecule has 4 nitrogen and oxygen atoms in total. The summed E-state index contributed by atoms with van der Waals surface area (Å²) in [6.45, 7) is 0. The minimum Gasteiger partial charge on any atom is -0.242 e. The third-order valence-electron chi connectivity index (χ3n) is 1.37. The van der Waals surface area contributed by atoms with Gasteiger partial charge in [-0.1, -0.05) is 11.6 Å². The third-order valence-corrected chi connectivity index (χ3v) is 2.91. The van der Waals surface area contributed by atoms with Crippen molar-refractivity contribution in [2.75, 3.05) is 13.3 Å². The average molecular weight is 220 g/mol. The van der Waals surface area contributed by atoms with Gasteiger partial charge in [0, 0.05) is 6.26 Å². The van der Waals surface area contributed by atoms with E-state index in [0.29, 0.717) is 10.8 Å². The smallest absolute Gasteiger partial charge is 0.129 e. The lowest BCUT2D eigenvalue weighted by Crippen LogP contribution is -2.15. The Kier molecular flexibility index (Phi) is 3.24. The summed E-state index contributed by atoms with van der Waals surface area (Å²) in [5.74, 6) is 0. The zero-order chi connectivity index (χ0) is 9.90. The summed E-state index contributed by atoms with van der Waals surface area (Å²) in [4.78, 5) is 3.82. The number of rotatable bonds is 2. The van der Waals surface area contributed by atoms with Crippen molar-refractivity contribution in [3.8, 4) is 0 Å². The summed E-state index contributed by atoms with van der Waals surface area (Å²) in [6, 6.07) is 3.27. The summed E-state index contributed by atoms with van der Waals surface area (Å²) >= 11 is 5.58. The van der Waals surface area contributed by atoms with Gasteiger partial charge in [0.15, 0.2) is 0 Å². The van der Waals surface area contributed by atoms with Gasteiger partial charge in [0.1, 0.15) is 15.1 Å². The maximum atomic E-state index is 11.5. The summed E-state index contributed by atoms with van der Waals surface area (Å²) in [5.41, 5.74) is 0.547. The molecule has 0 saturated heterocycles. The van der Waals surface area contributed by atoms with E-state index in [-0.39, 0.29) is 0 Å². The van der Waals surface area contributed by atoms with Crippen LogP contribution in [-0.2, 0) is 9.92 Å². The maximum absolute atomic E-state index is 11.5. The molecule has 0 fully saturated rings. The van der Waals surface area contributed by atoms with Crippen molar-refractivity contribution in [1.82, 2.24) is 9.71 Å². The van der Waals surface area contributed by atoms with E-state index < -0.39 is 9.92 Å². The van der Waals surface area contributed by atoms with E-state index in [2.05, 4.69) is 14.1 Å². The van der Waals surface area contributed by atoms with Gasteiger partial charge < -0.3 is 0 Å². The highest BCUT2D eigenvalue weighted by molar-refractivity contribution is 7.91. The fraction of sp³-hybridized carbons (Fsp3) is 0.286. The molecule has 6 heteroatoms. The number of nitrogens with zero attached hydrogens (tertiary/aromatic N) is 2. The normalized spacial score (nSPS) is 15.0. The quantitative estimate of drug-likeness (QED) is 0.769. The van der Waals surface area contributed by atoms with E-state index in [1.165, 1.54) is 12.5 Å². The van der Waals surface area contributed by atoms with E-state index >= 15 is 0 Å². The predicted octanol–water partition coefficient (Wildman–Crippen LogP) is 1.60. The van der Waals surface area contributed by atoms with Gasteiger partial charge in [-0.15, -0.1) is 0 Å². The molecule has 0 bridgehead atoms. The highest BCUT2D eigenvalue weighted by Crippen LogP contribution is 2.14. The molecular weight excluding hydrogens is 210 g/mol. The van der Waals surface area contributed by atoms with Gasteiger partial charge in [0.25, 0.3) is 0 Å². The van der Waals surface area contributed by atoms with Gasteiger partial charge in [-0.2, -0.15) is 4.36 Å². The van der Waals surface area contributed by atoms with Crippen molar-refractivity contribution in [2.45, 2.75) is 0 Å². The van der Waals surface area contributed by atoms with Crippen LogP contribution in [0.5, 0.6) is 0 Å². The van der Waals surface area contributed by atoms with Gasteiger partial charge in [0.05, 0.1) is 11.9 Å². The van der Waals surface area contributed by atoms with E-state index in [1.54, 1.807) is 19.2 Å². The molecule has 1 aromatic rings. The standard InChI is InChI=1S/C7H10ClN3OS/c1-9-13(2,12)11-6-3-4-7(8)10-5-6/h3-5H,1-2H3,(H,9,11,12). The second kappa shape index (κ2) is 4.04. The first-order valence-corrected chi connectivity index (χ1v) is 5.86. The lowest BCUT2D eigenvalue weighted by Gasteiger charge is -2.00. The summed E-state index contributed by atoms with van der Waals surface area (Å²) in [7, 11) is -0.751. The van der Waals surface area contributed by atoms with Crippen molar-refractivity contribution in [2.24, 2.45) is 4.36 Å². The minimum atomic E-state index is -2.34. The van der Waals surface area contributed by atoms with Crippen LogP contribution in [0.15, 0.2) is 22.7 Å². The zero-order valence-electron chi connectivity index (χ0n) is 7.32. The Balaban J connectivity index is 3.06. The first-order valence-electron chi connectivity index (χ1n) is 3.56. The molecule has 0 saturated carbocycles. The Morgan fingerprint density at radius 2 is 2.31 bits per heavy atom. The van der Waals surface area contributed by atoms with Gasteiger partial charge in [-0.05, 0) is 19.2 Å². The Labute approximate surface area is 82.6 Å². The van der Waals surface area contributed by atoms with Crippen molar-refractivity contribution < 1.29 is 4.21 Å². The molecule has 0 spiro atoms. The lowest BCUT2D eigenvalue weighted by atomic mass is 10.4. The van der Waals surface area contributed by atoms with Crippen molar-refractivity contribution in [3.05, 3.63) is 23.5 Å². The van der Waals surface area contributed by atoms with Gasteiger partial charge >= 0.3 is 0 Å². The molecule has 1 rings (SSSR count). The van der Waals surface area contributed by atoms with Crippen LogP contribution < -0.4 is 4.72 Å². The van der Waals surface area contributed by atoms with Crippen LogP contribution in [0.25, 0.3) is 0 Å². The minimum absolute atomic E-state index is 0.394. The van der Waals surface area contributed by atoms with Gasteiger partial charge in [-0.25, -0.2) is 13.9 Å². The van der Waals surface area contributed by atoms with Crippen LogP contribution in [0.2, 0.25) is 5.15 Å². The molecule has 1 aromatic heterocycles. The highest BCUT2D eigenvalue weighted by Gasteiger charge is 1.97. The Hall–Kier alpha value is -0.650. The maximum Gasteiger partial charge on any atom is 0.129 e. The average Bonchev–Trinajstić information content (AvgIpc) is 2.09. The van der Waals surface area contributed by atoms with E-state index in [0.717, 1.165) is 0 Å². The van der Waals surface area contributed by atoms with Crippen LogP contribution in [0.3, 0.4) is 0 Å². The van der Waals surface area contributed by atoms with Crippen LogP contribution in [0.1, 0.15) is 0 Å². The summed E-state index contributed by atoms with van der Waals surface area (Å²) < 4.78 is 18.0. The van der Waals surface area contributed by atoms with Crippen molar-refractivity contribution in [1.29, 1.82) is 0 Å². The zero-order valence-corrected chi connectivity index (χ0v) is 8.89. The van der Waals surface area contributed by atoms with Crippen LogP contribution in [0, 0.1) is 0 Å². The summed E-state index contributed by atoms with van der Waals surface area (Å²) in [6.07, 6.45) is 2.99. The molecule has 0 amide bonds. The molecule has 1 heterocycles. The first-order chi connectivity index (χ1) is 6.03. The molecule has 1 atom stereocenters. The lowest BCUT2D eigenvalue weighted by molar-refractivity contribution is 0.675. The molecule has 0 aliphatic carbocycles. The fourth-order valence-corrected chi connectivity index (χ4v) is 1.38. The number of hydrogen-bond acceptors (Lipinski definition) is 3. The van der Waals surface area contributed by atoms with Crippen LogP contribution in [0.4, 0.5) is 5.69 Å². The number of hydrogen-bond donors (Lipinski definition) is 1. The fourth-order valence-electron chi connectivity index (χ4n) is 0.669. The molecule has 1 unspecified atom stereocenters. The number of halogens is 1. The van der Waals surface area contributed by atoms with Crippen molar-refractivity contribution in [3.63, 3.8) is 0 Å². The highest BCUT2D eigenvalue weighted by atomic mass is 35.5. The predicted molar refractivity (Wildman–Crippen MR) is 54.5 cm³/mol. The number of nitrogens with one attached hydrogen (secondary N) is 1. The second-order valence-corrected chi connectivity index (χ2v) is 5.02. The van der Waals surface area contributed by atoms with Crippen LogP contribution in [-0.4, -0.2) is 22.5 Å². The Bertz CT molecular complexity index is 395. The first kappa shape index (κ1) is 10.4. The third kappa shape index (κ3) is 3.30. The Morgan fingerprint density at radius 3 is 2.77 bits per heavy atom. The molecule has 13 heavy (non-hydrogen) atoms. The largest absolute Gasteiger partial charge is 0.242 e. The second-order valence-electron chi connectivity index (χ2n) is 2.44. The molecule has 0 aliphatic rings. The number of aromatic nitrogens is 1. The van der Waals surface area contributed by atoms with E-state index in [9.17, 15) is 4.21 Å². The molecule has 0 radical (unpaired) electrons. The Morgan fingerprint density at radius 1 is 1.62 bits per heavy atom. The summed E-state index contributed by atoms with van der Waals surface area (Å²) in [5, 5.41) is 0.394. The van der Waals surface area contributed by atoms with Gasteiger partial charge in [0.2, 0.25) is 0 Å². The van der Waals surface area contributed by atoms with Gasteiger partial charge in [-0.3, -0.25) is 0 Å². The topological polar surface area (TPSA) is 54.4 Å². The van der Waals surface area contributed by atoms with Crippen LogP contribution >= 0.6 is 11.6 Å². The van der Waals surface area contributed by atoms with E-state index in [4.69, 9.17) is 11.6 Å². The molecule has 0 aliphatic heterocycles.